The maximum Gasteiger partial charge on any atom is 0.277 e. The minimum absolute atomic E-state index is 0.178. The first-order valence-electron chi connectivity index (χ1n) is 8.13. The van der Waals surface area contributed by atoms with Crippen molar-refractivity contribution in [3.8, 4) is 0 Å². The van der Waals surface area contributed by atoms with Crippen LogP contribution >= 0.6 is 0 Å². The molecule has 0 N–H and O–H groups in total. The molecule has 27 heavy (non-hydrogen) atoms. The number of rotatable bonds is 5. The van der Waals surface area contributed by atoms with Gasteiger partial charge in [0.1, 0.15) is 12.2 Å². The highest BCUT2D eigenvalue weighted by Gasteiger charge is 2.14. The minimum Gasteiger partial charge on any atom is -0.294 e. The van der Waals surface area contributed by atoms with E-state index < -0.39 is 12.2 Å². The molecule has 0 amide bonds. The number of halogens is 1. The van der Waals surface area contributed by atoms with Crippen molar-refractivity contribution in [2.75, 3.05) is 6.67 Å². The Balaban J connectivity index is 1.83. The molecule has 0 saturated heterocycles. The summed E-state index contributed by atoms with van der Waals surface area (Å²) in [6, 6.07) is 2.68. The molecule has 3 heterocycles. The molecule has 1 atom stereocenters. The van der Waals surface area contributed by atoms with E-state index in [2.05, 4.69) is 30.7 Å². The van der Waals surface area contributed by atoms with E-state index in [4.69, 9.17) is 0 Å². The van der Waals surface area contributed by atoms with Crippen molar-refractivity contribution >= 4 is 21.8 Å². The molecular weight excluding hydrogens is 357 g/mol. The fourth-order valence-electron chi connectivity index (χ4n) is 2.84. The molecule has 4 aromatic rings. The summed E-state index contributed by atoms with van der Waals surface area (Å²) in [4.78, 5) is 30.9. The average Bonchev–Trinajstić information content (AvgIpc) is 3.17. The SMILES string of the molecule is C[C@H](Cn1ncnn1)n1cnc2cc3c(=O)n(CCF)nnc3cc2c1=O. The Labute approximate surface area is 150 Å². The topological polar surface area (TPSA) is 126 Å². The van der Waals surface area contributed by atoms with Gasteiger partial charge in [0.2, 0.25) is 0 Å². The first-order chi connectivity index (χ1) is 13.1. The van der Waals surface area contributed by atoms with Crippen molar-refractivity contribution in [1.29, 1.82) is 0 Å². The molecule has 0 saturated carbocycles. The van der Waals surface area contributed by atoms with Gasteiger partial charge in [0.15, 0.2) is 6.33 Å². The second-order valence-electron chi connectivity index (χ2n) is 5.99. The van der Waals surface area contributed by atoms with Gasteiger partial charge < -0.3 is 0 Å². The van der Waals surface area contributed by atoms with Crippen LogP contribution in [0.2, 0.25) is 0 Å². The highest BCUT2D eigenvalue weighted by molar-refractivity contribution is 5.93. The summed E-state index contributed by atoms with van der Waals surface area (Å²) in [6.07, 6.45) is 2.72. The van der Waals surface area contributed by atoms with Gasteiger partial charge in [-0.05, 0) is 24.3 Å². The second kappa shape index (κ2) is 6.63. The van der Waals surface area contributed by atoms with Crippen LogP contribution in [0.25, 0.3) is 21.8 Å². The summed E-state index contributed by atoms with van der Waals surface area (Å²) < 4.78 is 14.9. The smallest absolute Gasteiger partial charge is 0.277 e. The summed E-state index contributed by atoms with van der Waals surface area (Å²) in [7, 11) is 0. The monoisotopic (exact) mass is 371 g/mol. The third kappa shape index (κ3) is 2.94. The lowest BCUT2D eigenvalue weighted by molar-refractivity contribution is 0.389. The quantitative estimate of drug-likeness (QED) is 0.438. The largest absolute Gasteiger partial charge is 0.294 e. The Hall–Kier alpha value is -3.57. The van der Waals surface area contributed by atoms with Gasteiger partial charge in [-0.15, -0.1) is 15.3 Å². The number of fused-ring (bicyclic) bond motifs is 2. The second-order valence-corrected chi connectivity index (χ2v) is 5.99. The molecule has 0 bridgehead atoms. The van der Waals surface area contributed by atoms with Crippen LogP contribution in [0.15, 0.2) is 34.4 Å². The molecule has 12 heteroatoms. The first-order valence-corrected chi connectivity index (χ1v) is 8.13. The maximum atomic E-state index is 12.9. The third-order valence-corrected chi connectivity index (χ3v) is 4.22. The van der Waals surface area contributed by atoms with Crippen LogP contribution in [-0.4, -0.2) is 51.4 Å². The van der Waals surface area contributed by atoms with Crippen LogP contribution in [0.1, 0.15) is 13.0 Å². The fourth-order valence-corrected chi connectivity index (χ4v) is 2.84. The van der Waals surface area contributed by atoms with E-state index >= 15 is 0 Å². The van der Waals surface area contributed by atoms with Gasteiger partial charge in [-0.2, -0.15) is 4.80 Å². The molecule has 0 aliphatic heterocycles. The summed E-state index contributed by atoms with van der Waals surface area (Å²) in [5.74, 6) is 0. The standard InChI is InChI=1S/C15H14FN9O2/c1-9(6-25-19-7-18-21-25)23-8-17-12-4-11-13(5-10(12)14(23)26)20-22-24(3-2-16)15(11)27/h4-5,7-9H,2-3,6H2,1H3/t9-/m1/s1. The lowest BCUT2D eigenvalue weighted by Crippen LogP contribution is -2.28. The highest BCUT2D eigenvalue weighted by Crippen LogP contribution is 2.15. The number of nitrogens with zero attached hydrogens (tertiary/aromatic N) is 9. The lowest BCUT2D eigenvalue weighted by atomic mass is 10.1. The van der Waals surface area contributed by atoms with Crippen LogP contribution in [-0.2, 0) is 13.1 Å². The number of tetrazole rings is 1. The van der Waals surface area contributed by atoms with Gasteiger partial charge in [0, 0.05) is 0 Å². The van der Waals surface area contributed by atoms with E-state index in [1.807, 2.05) is 6.92 Å². The van der Waals surface area contributed by atoms with E-state index in [-0.39, 0.29) is 29.0 Å². The normalized spacial score (nSPS) is 12.7. The molecule has 138 valence electrons. The van der Waals surface area contributed by atoms with Crippen molar-refractivity contribution in [2.45, 2.75) is 26.1 Å². The predicted octanol–water partition coefficient (Wildman–Crippen LogP) is -0.281. The molecule has 1 aromatic carbocycles. The Morgan fingerprint density at radius 2 is 1.89 bits per heavy atom. The summed E-state index contributed by atoms with van der Waals surface area (Å²) >= 11 is 0. The van der Waals surface area contributed by atoms with Gasteiger partial charge in [-0.25, -0.2) is 14.1 Å². The molecule has 3 aromatic heterocycles. The lowest BCUT2D eigenvalue weighted by Gasteiger charge is -2.14. The molecule has 0 radical (unpaired) electrons. The van der Waals surface area contributed by atoms with E-state index in [0.717, 1.165) is 4.68 Å². The maximum absolute atomic E-state index is 12.9. The molecule has 11 nitrogen and oxygen atoms in total. The van der Waals surface area contributed by atoms with Crippen molar-refractivity contribution in [1.82, 2.24) is 44.8 Å². The van der Waals surface area contributed by atoms with Gasteiger partial charge in [-0.1, -0.05) is 5.21 Å². The summed E-state index contributed by atoms with van der Waals surface area (Å²) in [5.41, 5.74) is -0.156. The number of hydrogen-bond acceptors (Lipinski definition) is 8. The van der Waals surface area contributed by atoms with Crippen LogP contribution < -0.4 is 11.1 Å². The van der Waals surface area contributed by atoms with E-state index in [0.29, 0.717) is 17.4 Å². The zero-order valence-corrected chi connectivity index (χ0v) is 14.2. The van der Waals surface area contributed by atoms with Gasteiger partial charge in [0.05, 0.1) is 41.7 Å². The van der Waals surface area contributed by atoms with Gasteiger partial charge in [-0.3, -0.25) is 14.2 Å². The van der Waals surface area contributed by atoms with Crippen molar-refractivity contribution in [2.24, 2.45) is 0 Å². The Morgan fingerprint density at radius 1 is 1.11 bits per heavy atom. The highest BCUT2D eigenvalue weighted by atomic mass is 19.1. The van der Waals surface area contributed by atoms with Crippen molar-refractivity contribution in [3.05, 3.63) is 45.5 Å². The van der Waals surface area contributed by atoms with E-state index in [1.54, 1.807) is 0 Å². The number of aryl methyl sites for hydroxylation is 1. The van der Waals surface area contributed by atoms with Crippen molar-refractivity contribution < 1.29 is 4.39 Å². The molecule has 4 rings (SSSR count). The van der Waals surface area contributed by atoms with E-state index in [9.17, 15) is 14.0 Å². The molecule has 0 aliphatic carbocycles. The number of alkyl halides is 1. The van der Waals surface area contributed by atoms with Crippen molar-refractivity contribution in [3.63, 3.8) is 0 Å². The fraction of sp³-hybridized carbons (Fsp3) is 0.333. The molecule has 0 aliphatic rings. The van der Waals surface area contributed by atoms with Crippen LogP contribution in [0.4, 0.5) is 4.39 Å². The zero-order valence-electron chi connectivity index (χ0n) is 14.2. The zero-order chi connectivity index (χ0) is 19.0. The van der Waals surface area contributed by atoms with Crippen LogP contribution in [0.3, 0.4) is 0 Å². The minimum atomic E-state index is -0.727. The number of aromatic nitrogens is 9. The first kappa shape index (κ1) is 16.9. The predicted molar refractivity (Wildman–Crippen MR) is 91.9 cm³/mol. The average molecular weight is 371 g/mol. The summed E-state index contributed by atoms with van der Waals surface area (Å²) in [5, 5.41) is 19.5. The molecular formula is C15H14FN9O2. The number of hydrogen-bond donors (Lipinski definition) is 0. The molecule has 0 unspecified atom stereocenters. The Bertz CT molecular complexity index is 1230. The Morgan fingerprint density at radius 3 is 2.63 bits per heavy atom. The van der Waals surface area contributed by atoms with Gasteiger partial charge >= 0.3 is 0 Å². The van der Waals surface area contributed by atoms with Crippen LogP contribution in [0.5, 0.6) is 0 Å². The summed E-state index contributed by atoms with van der Waals surface area (Å²) in [6.45, 7) is 1.26. The Kier molecular flexibility index (Phi) is 4.14. The third-order valence-electron chi connectivity index (χ3n) is 4.22. The molecule has 0 spiro atoms. The van der Waals surface area contributed by atoms with Crippen LogP contribution in [0, 0.1) is 0 Å². The number of benzene rings is 1. The van der Waals surface area contributed by atoms with E-state index in [1.165, 1.54) is 34.2 Å². The molecule has 0 fully saturated rings. The van der Waals surface area contributed by atoms with Gasteiger partial charge in [0.25, 0.3) is 11.1 Å².